The molecule has 1 amide bonds. The summed E-state index contributed by atoms with van der Waals surface area (Å²) in [5.41, 5.74) is 13.6. The number of hydrogen-bond donors (Lipinski definition) is 2. The van der Waals surface area contributed by atoms with Crippen molar-refractivity contribution in [2.24, 2.45) is 11.5 Å². The maximum atomic E-state index is 12.2. The van der Waals surface area contributed by atoms with Crippen LogP contribution in [0, 0.1) is 0 Å². The fraction of sp³-hybridized carbons (Fsp3) is 0.263. The van der Waals surface area contributed by atoms with E-state index in [0.29, 0.717) is 0 Å². The van der Waals surface area contributed by atoms with E-state index in [2.05, 4.69) is 6.92 Å². The smallest absolute Gasteiger partial charge is 0.429 e. The molecule has 0 saturated carbocycles. The van der Waals surface area contributed by atoms with Gasteiger partial charge in [0, 0.05) is 0 Å². The summed E-state index contributed by atoms with van der Waals surface area (Å²) in [6.07, 6.45) is 0.639. The first-order chi connectivity index (χ1) is 11.5. The number of benzene rings is 2. The highest BCUT2D eigenvalue weighted by Gasteiger charge is 2.28. The van der Waals surface area contributed by atoms with Gasteiger partial charge in [0.05, 0.1) is 6.42 Å². The van der Waals surface area contributed by atoms with Crippen LogP contribution in [0.15, 0.2) is 54.6 Å². The summed E-state index contributed by atoms with van der Waals surface area (Å²) in [6.45, 7) is 1.48. The van der Waals surface area contributed by atoms with Crippen LogP contribution in [-0.2, 0) is 20.7 Å². The standard InChI is InChI=1S/C18H21BN2O3.CH4/c1-2-13-7-6-10-15(11-13)19(14-8-4-3-5-9-14)24-18(23)16(20)12-17(21)22;/h3-11,16H,2,12,20H2,1H3,(H2,21,22);1H4. The molecule has 0 radical (unpaired) electrons. The molecule has 1 atom stereocenters. The Morgan fingerprint density at radius 3 is 2.32 bits per heavy atom. The molecule has 4 N–H and O–H groups in total. The Morgan fingerprint density at radius 2 is 1.72 bits per heavy atom. The first-order valence-electron chi connectivity index (χ1n) is 7.89. The Hall–Kier alpha value is -2.60. The maximum absolute atomic E-state index is 12.2. The number of aryl methyl sites for hydroxylation is 1. The molecule has 25 heavy (non-hydrogen) atoms. The summed E-state index contributed by atoms with van der Waals surface area (Å²) in [5.74, 6) is -1.28. The number of hydrogen-bond acceptors (Lipinski definition) is 4. The van der Waals surface area contributed by atoms with E-state index in [9.17, 15) is 9.59 Å². The minimum Gasteiger partial charge on any atom is -0.525 e. The van der Waals surface area contributed by atoms with Gasteiger partial charge < -0.3 is 16.1 Å². The molecular weight excluding hydrogens is 315 g/mol. The van der Waals surface area contributed by atoms with Gasteiger partial charge in [-0.1, -0.05) is 68.9 Å². The largest absolute Gasteiger partial charge is 0.525 e. The second-order valence-electron chi connectivity index (χ2n) is 5.60. The molecule has 0 bridgehead atoms. The summed E-state index contributed by atoms with van der Waals surface area (Å²) in [7, 11) is 0. The molecule has 0 spiro atoms. The third-order valence-corrected chi connectivity index (χ3v) is 3.72. The summed E-state index contributed by atoms with van der Waals surface area (Å²) >= 11 is 0. The van der Waals surface area contributed by atoms with E-state index < -0.39 is 24.8 Å². The number of carbonyl (C=O) groups is 2. The predicted molar refractivity (Wildman–Crippen MR) is 102 cm³/mol. The average molecular weight is 340 g/mol. The lowest BCUT2D eigenvalue weighted by atomic mass is 9.55. The Bertz CT molecular complexity index is 707. The molecule has 2 aromatic carbocycles. The van der Waals surface area contributed by atoms with E-state index in [1.165, 1.54) is 0 Å². The van der Waals surface area contributed by atoms with Crippen LogP contribution < -0.4 is 22.4 Å². The van der Waals surface area contributed by atoms with Gasteiger partial charge in [-0.05, 0) is 22.9 Å². The zero-order valence-electron chi connectivity index (χ0n) is 13.6. The molecule has 0 heterocycles. The molecular formula is C19H25BN2O3. The van der Waals surface area contributed by atoms with Crippen LogP contribution in [0.25, 0.3) is 0 Å². The van der Waals surface area contributed by atoms with Crippen molar-refractivity contribution in [3.63, 3.8) is 0 Å². The minimum atomic E-state index is -1.07. The maximum Gasteiger partial charge on any atom is 0.429 e. The molecule has 0 aliphatic carbocycles. The molecule has 0 aliphatic heterocycles. The second-order valence-corrected chi connectivity index (χ2v) is 5.60. The van der Waals surface area contributed by atoms with Gasteiger partial charge in [0.25, 0.3) is 0 Å². The minimum absolute atomic E-state index is 0. The zero-order valence-corrected chi connectivity index (χ0v) is 13.6. The van der Waals surface area contributed by atoms with Crippen molar-refractivity contribution in [3.8, 4) is 0 Å². The van der Waals surface area contributed by atoms with Gasteiger partial charge in [-0.2, -0.15) is 0 Å². The van der Waals surface area contributed by atoms with Gasteiger partial charge >= 0.3 is 12.9 Å². The quantitative estimate of drug-likeness (QED) is 0.727. The lowest BCUT2D eigenvalue weighted by molar-refractivity contribution is -0.137. The van der Waals surface area contributed by atoms with E-state index >= 15 is 0 Å². The first kappa shape index (κ1) is 20.4. The van der Waals surface area contributed by atoms with Gasteiger partial charge in [-0.3, -0.25) is 9.59 Å². The number of primary amides is 1. The van der Waals surface area contributed by atoms with Crippen LogP contribution in [0.2, 0.25) is 0 Å². The van der Waals surface area contributed by atoms with Crippen LogP contribution in [0.4, 0.5) is 0 Å². The Morgan fingerprint density at radius 1 is 1.08 bits per heavy atom. The van der Waals surface area contributed by atoms with Crippen molar-refractivity contribution in [1.29, 1.82) is 0 Å². The molecule has 0 fully saturated rings. The van der Waals surface area contributed by atoms with E-state index in [4.69, 9.17) is 16.1 Å². The lowest BCUT2D eigenvalue weighted by Gasteiger charge is -2.18. The van der Waals surface area contributed by atoms with Crippen molar-refractivity contribution >= 4 is 29.7 Å². The third-order valence-electron chi connectivity index (χ3n) is 3.72. The summed E-state index contributed by atoms with van der Waals surface area (Å²) in [6, 6.07) is 16.2. The molecule has 6 heteroatoms. The van der Waals surface area contributed by atoms with Crippen molar-refractivity contribution in [1.82, 2.24) is 0 Å². The van der Waals surface area contributed by atoms with Crippen molar-refractivity contribution in [2.75, 3.05) is 0 Å². The molecule has 0 aliphatic rings. The third kappa shape index (κ3) is 5.76. The number of nitrogens with two attached hydrogens (primary N) is 2. The summed E-state index contributed by atoms with van der Waals surface area (Å²) in [4.78, 5) is 23.2. The first-order valence-corrected chi connectivity index (χ1v) is 7.89. The van der Waals surface area contributed by atoms with Crippen molar-refractivity contribution in [2.45, 2.75) is 33.2 Å². The van der Waals surface area contributed by atoms with Gasteiger partial charge in [-0.15, -0.1) is 0 Å². The molecule has 132 valence electrons. The van der Waals surface area contributed by atoms with E-state index in [-0.39, 0.29) is 13.8 Å². The monoisotopic (exact) mass is 340 g/mol. The van der Waals surface area contributed by atoms with Crippen LogP contribution in [0.5, 0.6) is 0 Å². The van der Waals surface area contributed by atoms with Crippen LogP contribution >= 0.6 is 0 Å². The van der Waals surface area contributed by atoms with Crippen molar-refractivity contribution < 1.29 is 14.2 Å². The summed E-state index contributed by atoms with van der Waals surface area (Å²) < 4.78 is 5.61. The average Bonchev–Trinajstić information content (AvgIpc) is 2.59. The van der Waals surface area contributed by atoms with Crippen LogP contribution in [0.3, 0.4) is 0 Å². The van der Waals surface area contributed by atoms with Crippen LogP contribution in [0.1, 0.15) is 26.3 Å². The van der Waals surface area contributed by atoms with E-state index in [0.717, 1.165) is 22.9 Å². The summed E-state index contributed by atoms with van der Waals surface area (Å²) in [5, 5.41) is 0. The molecule has 5 nitrogen and oxygen atoms in total. The Balaban J connectivity index is 0.00000312. The topological polar surface area (TPSA) is 95.4 Å². The zero-order chi connectivity index (χ0) is 17.5. The van der Waals surface area contributed by atoms with E-state index in [1.807, 2.05) is 54.6 Å². The number of rotatable bonds is 7. The van der Waals surface area contributed by atoms with Gasteiger partial charge in [0.1, 0.15) is 6.04 Å². The van der Waals surface area contributed by atoms with Crippen LogP contribution in [-0.4, -0.2) is 24.8 Å². The fourth-order valence-electron chi connectivity index (χ4n) is 2.44. The normalized spacial score (nSPS) is 11.1. The fourth-order valence-corrected chi connectivity index (χ4v) is 2.44. The highest BCUT2D eigenvalue weighted by molar-refractivity contribution is 6.81. The highest BCUT2D eigenvalue weighted by atomic mass is 16.5. The molecule has 1 unspecified atom stereocenters. The van der Waals surface area contributed by atoms with Gasteiger partial charge in [0.2, 0.25) is 5.91 Å². The SMILES string of the molecule is C.CCc1cccc(B(OC(=O)C(N)CC(N)=O)c2ccccc2)c1. The second kappa shape index (κ2) is 9.64. The van der Waals surface area contributed by atoms with Gasteiger partial charge in [0.15, 0.2) is 0 Å². The van der Waals surface area contributed by atoms with Gasteiger partial charge in [-0.25, -0.2) is 0 Å². The lowest BCUT2D eigenvalue weighted by Crippen LogP contribution is -2.50. The number of amides is 1. The molecule has 0 aromatic heterocycles. The van der Waals surface area contributed by atoms with E-state index in [1.54, 1.807) is 0 Å². The Kier molecular flexibility index (Phi) is 7.89. The molecule has 2 rings (SSSR count). The highest BCUT2D eigenvalue weighted by Crippen LogP contribution is 2.02. The predicted octanol–water partition coefficient (Wildman–Crippen LogP) is 0.737. The Labute approximate surface area is 149 Å². The number of carbonyl (C=O) groups excluding carboxylic acids is 2. The van der Waals surface area contributed by atoms with Crippen molar-refractivity contribution in [3.05, 3.63) is 60.2 Å². The molecule has 2 aromatic rings. The molecule has 0 saturated heterocycles.